The molecule has 3 rings (SSSR count). The summed E-state index contributed by atoms with van der Waals surface area (Å²) in [6.45, 7) is 4.29. The fraction of sp³-hybridized carbons (Fsp3) is 0.278. The zero-order valence-electron chi connectivity index (χ0n) is 13.4. The van der Waals surface area contributed by atoms with Gasteiger partial charge in [-0.1, -0.05) is 36.4 Å². The van der Waals surface area contributed by atoms with Crippen LogP contribution in [0.2, 0.25) is 0 Å². The number of halogens is 2. The average Bonchev–Trinajstić information content (AvgIpc) is 2.56. The van der Waals surface area contributed by atoms with Gasteiger partial charge in [-0.2, -0.15) is 0 Å². The van der Waals surface area contributed by atoms with Crippen molar-refractivity contribution in [2.45, 2.75) is 6.54 Å². The van der Waals surface area contributed by atoms with Crippen LogP contribution in [0.5, 0.6) is 0 Å². The zero-order valence-corrected chi connectivity index (χ0v) is 15.1. The van der Waals surface area contributed by atoms with Gasteiger partial charge in [0.1, 0.15) is 0 Å². The van der Waals surface area contributed by atoms with Crippen molar-refractivity contribution in [1.29, 1.82) is 0 Å². The SMILES string of the molecule is Cl.Cl.Nc1cccc(C(=O)N2CCN(Cc3ccccc3)CC2)c1. The standard InChI is InChI=1S/C18H21N3O.2ClH/c19-17-8-4-7-16(13-17)18(22)21-11-9-20(10-12-21)14-15-5-2-1-3-6-15;;/h1-8,13H,9-12,14,19H2;2*1H. The second-order valence-corrected chi connectivity index (χ2v) is 5.68. The van der Waals surface area contributed by atoms with Crippen LogP contribution in [0, 0.1) is 0 Å². The molecule has 1 saturated heterocycles. The second-order valence-electron chi connectivity index (χ2n) is 5.68. The van der Waals surface area contributed by atoms with Crippen molar-refractivity contribution in [2.75, 3.05) is 31.9 Å². The molecule has 2 N–H and O–H groups in total. The van der Waals surface area contributed by atoms with E-state index in [2.05, 4.69) is 29.2 Å². The lowest BCUT2D eigenvalue weighted by Gasteiger charge is -2.34. The number of benzene rings is 2. The minimum atomic E-state index is 0. The Labute approximate surface area is 155 Å². The van der Waals surface area contributed by atoms with Gasteiger partial charge in [0.25, 0.3) is 5.91 Å². The highest BCUT2D eigenvalue weighted by Gasteiger charge is 2.22. The van der Waals surface area contributed by atoms with E-state index in [1.54, 1.807) is 12.1 Å². The average molecular weight is 368 g/mol. The van der Waals surface area contributed by atoms with Gasteiger partial charge in [0.15, 0.2) is 0 Å². The topological polar surface area (TPSA) is 49.6 Å². The summed E-state index contributed by atoms with van der Waals surface area (Å²) < 4.78 is 0. The van der Waals surface area contributed by atoms with Gasteiger partial charge in [-0.05, 0) is 23.8 Å². The third-order valence-corrected chi connectivity index (χ3v) is 4.04. The number of nitrogens with two attached hydrogens (primary N) is 1. The summed E-state index contributed by atoms with van der Waals surface area (Å²) in [5.41, 5.74) is 8.38. The van der Waals surface area contributed by atoms with Crippen molar-refractivity contribution in [3.63, 3.8) is 0 Å². The summed E-state index contributed by atoms with van der Waals surface area (Å²) in [6, 6.07) is 17.7. The first-order chi connectivity index (χ1) is 10.7. The normalized spacial score (nSPS) is 14.4. The number of hydrogen-bond acceptors (Lipinski definition) is 3. The highest BCUT2D eigenvalue weighted by Crippen LogP contribution is 2.13. The van der Waals surface area contributed by atoms with E-state index in [1.165, 1.54) is 5.56 Å². The van der Waals surface area contributed by atoms with Gasteiger partial charge >= 0.3 is 0 Å². The monoisotopic (exact) mass is 367 g/mol. The maximum absolute atomic E-state index is 12.5. The number of carbonyl (C=O) groups is 1. The van der Waals surface area contributed by atoms with E-state index in [0.29, 0.717) is 11.3 Å². The van der Waals surface area contributed by atoms with Gasteiger partial charge < -0.3 is 10.6 Å². The lowest BCUT2D eigenvalue weighted by Crippen LogP contribution is -2.48. The van der Waals surface area contributed by atoms with Gasteiger partial charge in [-0.3, -0.25) is 9.69 Å². The quantitative estimate of drug-likeness (QED) is 0.848. The van der Waals surface area contributed by atoms with Crippen molar-refractivity contribution in [3.8, 4) is 0 Å². The molecule has 1 amide bonds. The number of carbonyl (C=O) groups excluding carboxylic acids is 1. The van der Waals surface area contributed by atoms with Crippen LogP contribution in [0.25, 0.3) is 0 Å². The Balaban J connectivity index is 0.00000144. The van der Waals surface area contributed by atoms with E-state index in [1.807, 2.05) is 23.1 Å². The largest absolute Gasteiger partial charge is 0.399 e. The molecule has 0 atom stereocenters. The molecule has 0 bridgehead atoms. The third kappa shape index (κ3) is 5.13. The predicted octanol–water partition coefficient (Wildman–Crippen LogP) is 3.07. The van der Waals surface area contributed by atoms with E-state index in [9.17, 15) is 4.79 Å². The summed E-state index contributed by atoms with van der Waals surface area (Å²) in [5, 5.41) is 0. The van der Waals surface area contributed by atoms with Crippen molar-refractivity contribution in [1.82, 2.24) is 9.80 Å². The third-order valence-electron chi connectivity index (χ3n) is 4.04. The van der Waals surface area contributed by atoms with Crippen LogP contribution in [0.15, 0.2) is 54.6 Å². The van der Waals surface area contributed by atoms with Crippen LogP contribution in [0.3, 0.4) is 0 Å². The Hall–Kier alpha value is -1.75. The van der Waals surface area contributed by atoms with E-state index in [4.69, 9.17) is 5.73 Å². The van der Waals surface area contributed by atoms with Crippen LogP contribution < -0.4 is 5.73 Å². The summed E-state index contributed by atoms with van der Waals surface area (Å²) in [4.78, 5) is 16.8. The smallest absolute Gasteiger partial charge is 0.254 e. The number of piperazine rings is 1. The molecule has 4 nitrogen and oxygen atoms in total. The first-order valence-corrected chi connectivity index (χ1v) is 7.63. The molecule has 2 aromatic carbocycles. The maximum Gasteiger partial charge on any atom is 0.254 e. The van der Waals surface area contributed by atoms with Gasteiger partial charge in [-0.25, -0.2) is 0 Å². The van der Waals surface area contributed by atoms with Crippen molar-refractivity contribution in [2.24, 2.45) is 0 Å². The van der Waals surface area contributed by atoms with Crippen LogP contribution in [0.4, 0.5) is 5.69 Å². The number of amides is 1. The predicted molar refractivity (Wildman–Crippen MR) is 103 cm³/mol. The molecule has 0 saturated carbocycles. The molecule has 0 aliphatic carbocycles. The molecule has 24 heavy (non-hydrogen) atoms. The maximum atomic E-state index is 12.5. The molecular formula is C18H23Cl2N3O. The molecule has 0 spiro atoms. The minimum absolute atomic E-state index is 0. The Kier molecular flexibility index (Phi) is 8.05. The molecular weight excluding hydrogens is 345 g/mol. The fourth-order valence-electron chi connectivity index (χ4n) is 2.80. The molecule has 1 fully saturated rings. The molecule has 1 aliphatic rings. The summed E-state index contributed by atoms with van der Waals surface area (Å²) in [7, 11) is 0. The number of nitrogen functional groups attached to an aromatic ring is 1. The highest BCUT2D eigenvalue weighted by atomic mass is 35.5. The highest BCUT2D eigenvalue weighted by molar-refractivity contribution is 5.95. The Morgan fingerprint density at radius 2 is 1.58 bits per heavy atom. The van der Waals surface area contributed by atoms with Gasteiger partial charge in [0, 0.05) is 44.0 Å². The second kappa shape index (κ2) is 9.52. The first kappa shape index (κ1) is 20.3. The van der Waals surface area contributed by atoms with Gasteiger partial charge in [-0.15, -0.1) is 24.8 Å². The molecule has 0 aromatic heterocycles. The number of hydrogen-bond donors (Lipinski definition) is 1. The van der Waals surface area contributed by atoms with Crippen LogP contribution >= 0.6 is 24.8 Å². The van der Waals surface area contributed by atoms with Crippen molar-refractivity contribution < 1.29 is 4.79 Å². The lowest BCUT2D eigenvalue weighted by molar-refractivity contribution is 0.0628. The molecule has 1 heterocycles. The van der Waals surface area contributed by atoms with Crippen LogP contribution in [-0.2, 0) is 6.54 Å². The van der Waals surface area contributed by atoms with E-state index in [0.717, 1.165) is 32.7 Å². The van der Waals surface area contributed by atoms with Crippen molar-refractivity contribution in [3.05, 3.63) is 65.7 Å². The summed E-state index contributed by atoms with van der Waals surface area (Å²) in [6.07, 6.45) is 0. The van der Waals surface area contributed by atoms with E-state index in [-0.39, 0.29) is 30.7 Å². The van der Waals surface area contributed by atoms with Crippen LogP contribution in [-0.4, -0.2) is 41.9 Å². The van der Waals surface area contributed by atoms with E-state index < -0.39 is 0 Å². The lowest BCUT2D eigenvalue weighted by atomic mass is 10.1. The van der Waals surface area contributed by atoms with E-state index >= 15 is 0 Å². The molecule has 6 heteroatoms. The minimum Gasteiger partial charge on any atom is -0.399 e. The Morgan fingerprint density at radius 1 is 0.917 bits per heavy atom. The number of nitrogens with zero attached hydrogens (tertiary/aromatic N) is 2. The summed E-state index contributed by atoms with van der Waals surface area (Å²) >= 11 is 0. The summed E-state index contributed by atoms with van der Waals surface area (Å²) in [5.74, 6) is 0.0756. The number of rotatable bonds is 3. The fourth-order valence-corrected chi connectivity index (χ4v) is 2.80. The Bertz CT molecular complexity index is 644. The van der Waals surface area contributed by atoms with Gasteiger partial charge in [0.05, 0.1) is 0 Å². The molecule has 1 aliphatic heterocycles. The molecule has 130 valence electrons. The first-order valence-electron chi connectivity index (χ1n) is 7.63. The Morgan fingerprint density at radius 3 is 2.21 bits per heavy atom. The van der Waals surface area contributed by atoms with Crippen molar-refractivity contribution >= 4 is 36.4 Å². The number of anilines is 1. The van der Waals surface area contributed by atoms with Crippen LogP contribution in [0.1, 0.15) is 15.9 Å². The van der Waals surface area contributed by atoms with Gasteiger partial charge in [0.2, 0.25) is 0 Å². The molecule has 0 radical (unpaired) electrons. The molecule has 2 aromatic rings. The zero-order chi connectivity index (χ0) is 15.4. The molecule has 0 unspecified atom stereocenters.